The van der Waals surface area contributed by atoms with Gasteiger partial charge in [0.1, 0.15) is 5.75 Å². The first kappa shape index (κ1) is 14.2. The molecule has 0 aromatic heterocycles. The molecule has 0 aliphatic heterocycles. The van der Waals surface area contributed by atoms with Gasteiger partial charge < -0.3 is 9.64 Å². The topological polar surface area (TPSA) is 46.6 Å². The molecule has 0 heterocycles. The molecule has 0 aliphatic carbocycles. The second-order valence-electron chi connectivity index (χ2n) is 4.55. The van der Waals surface area contributed by atoms with Crippen LogP contribution in [0.25, 0.3) is 0 Å². The average molecular weight is 249 g/mol. The van der Waals surface area contributed by atoms with Crippen molar-refractivity contribution in [3.8, 4) is 5.75 Å². The summed E-state index contributed by atoms with van der Waals surface area (Å²) in [6, 6.07) is 5.42. The van der Waals surface area contributed by atoms with E-state index in [1.54, 1.807) is 24.1 Å². The standard InChI is InChI=1S/C14H19NO3/c1-10(2)15(4)14(17)9-18-13-6-5-11(3)7-12(13)8-16/h5-8,10H,9H2,1-4H3. The first-order chi connectivity index (χ1) is 8.45. The van der Waals surface area contributed by atoms with Crippen LogP contribution in [0.15, 0.2) is 18.2 Å². The van der Waals surface area contributed by atoms with Crippen LogP contribution in [-0.2, 0) is 4.79 Å². The van der Waals surface area contributed by atoms with Gasteiger partial charge in [0, 0.05) is 13.1 Å². The zero-order valence-electron chi connectivity index (χ0n) is 11.3. The number of rotatable bonds is 5. The van der Waals surface area contributed by atoms with Crippen LogP contribution < -0.4 is 4.74 Å². The molecule has 0 spiro atoms. The summed E-state index contributed by atoms with van der Waals surface area (Å²) < 4.78 is 5.39. The van der Waals surface area contributed by atoms with Crippen molar-refractivity contribution < 1.29 is 14.3 Å². The predicted octanol–water partition coefficient (Wildman–Crippen LogP) is 2.05. The fourth-order valence-corrected chi connectivity index (χ4v) is 1.42. The van der Waals surface area contributed by atoms with Gasteiger partial charge in [-0.3, -0.25) is 9.59 Å². The predicted molar refractivity (Wildman–Crippen MR) is 70.0 cm³/mol. The second-order valence-corrected chi connectivity index (χ2v) is 4.55. The second kappa shape index (κ2) is 6.19. The third kappa shape index (κ3) is 3.58. The molecule has 1 amide bonds. The molecule has 0 bridgehead atoms. The molecule has 1 rings (SSSR count). The van der Waals surface area contributed by atoms with Gasteiger partial charge >= 0.3 is 0 Å². The Labute approximate surface area is 108 Å². The number of likely N-dealkylation sites (N-methyl/N-ethyl adjacent to an activating group) is 1. The van der Waals surface area contributed by atoms with Crippen molar-refractivity contribution in [1.82, 2.24) is 4.90 Å². The summed E-state index contributed by atoms with van der Waals surface area (Å²) in [5.74, 6) is 0.337. The first-order valence-electron chi connectivity index (χ1n) is 5.90. The summed E-state index contributed by atoms with van der Waals surface area (Å²) in [5, 5.41) is 0. The Morgan fingerprint density at radius 2 is 2.11 bits per heavy atom. The van der Waals surface area contributed by atoms with Crippen LogP contribution in [0.5, 0.6) is 5.75 Å². The Morgan fingerprint density at radius 3 is 2.67 bits per heavy atom. The summed E-state index contributed by atoms with van der Waals surface area (Å²) in [5.41, 5.74) is 1.45. The van der Waals surface area contributed by atoms with Crippen molar-refractivity contribution in [3.05, 3.63) is 29.3 Å². The Hall–Kier alpha value is -1.84. The molecule has 98 valence electrons. The van der Waals surface area contributed by atoms with Gasteiger partial charge in [-0.2, -0.15) is 0 Å². The summed E-state index contributed by atoms with van der Waals surface area (Å²) in [6.07, 6.45) is 0.735. The summed E-state index contributed by atoms with van der Waals surface area (Å²) >= 11 is 0. The number of benzene rings is 1. The van der Waals surface area contributed by atoms with Crippen LogP contribution in [0, 0.1) is 6.92 Å². The molecular formula is C14H19NO3. The smallest absolute Gasteiger partial charge is 0.260 e. The van der Waals surface area contributed by atoms with Crippen LogP contribution in [0.3, 0.4) is 0 Å². The van der Waals surface area contributed by atoms with E-state index >= 15 is 0 Å². The highest BCUT2D eigenvalue weighted by atomic mass is 16.5. The van der Waals surface area contributed by atoms with E-state index in [1.807, 2.05) is 26.8 Å². The quantitative estimate of drug-likeness (QED) is 0.750. The Morgan fingerprint density at radius 1 is 1.44 bits per heavy atom. The van der Waals surface area contributed by atoms with Gasteiger partial charge in [0.05, 0.1) is 5.56 Å². The molecule has 0 unspecified atom stereocenters. The van der Waals surface area contributed by atoms with Gasteiger partial charge in [-0.1, -0.05) is 11.6 Å². The number of aryl methyl sites for hydroxylation is 1. The maximum absolute atomic E-state index is 11.7. The molecular weight excluding hydrogens is 230 g/mol. The van der Waals surface area contributed by atoms with E-state index in [9.17, 15) is 9.59 Å². The normalized spacial score (nSPS) is 10.3. The lowest BCUT2D eigenvalue weighted by atomic mass is 10.1. The number of nitrogens with zero attached hydrogens (tertiary/aromatic N) is 1. The molecule has 0 fully saturated rings. The first-order valence-corrected chi connectivity index (χ1v) is 5.90. The van der Waals surface area contributed by atoms with E-state index in [4.69, 9.17) is 4.74 Å². The minimum absolute atomic E-state index is 0.0570. The number of amides is 1. The zero-order chi connectivity index (χ0) is 13.7. The monoisotopic (exact) mass is 249 g/mol. The average Bonchev–Trinajstić information content (AvgIpc) is 2.35. The Balaban J connectivity index is 2.69. The van der Waals surface area contributed by atoms with E-state index in [-0.39, 0.29) is 18.6 Å². The van der Waals surface area contributed by atoms with Crippen molar-refractivity contribution in [2.75, 3.05) is 13.7 Å². The molecule has 0 saturated carbocycles. The molecule has 0 radical (unpaired) electrons. The van der Waals surface area contributed by atoms with Crippen molar-refractivity contribution in [3.63, 3.8) is 0 Å². The van der Waals surface area contributed by atoms with E-state index in [2.05, 4.69) is 0 Å². The highest BCUT2D eigenvalue weighted by molar-refractivity contribution is 5.81. The van der Waals surface area contributed by atoms with Gasteiger partial charge in [-0.25, -0.2) is 0 Å². The van der Waals surface area contributed by atoms with Crippen molar-refractivity contribution in [2.45, 2.75) is 26.8 Å². The van der Waals surface area contributed by atoms with Crippen LogP contribution in [-0.4, -0.2) is 36.8 Å². The zero-order valence-corrected chi connectivity index (χ0v) is 11.3. The van der Waals surface area contributed by atoms with Gasteiger partial charge in [0.2, 0.25) is 0 Å². The summed E-state index contributed by atoms with van der Waals surface area (Å²) in [4.78, 5) is 24.2. The largest absolute Gasteiger partial charge is 0.483 e. The van der Waals surface area contributed by atoms with E-state index < -0.39 is 0 Å². The number of hydrogen-bond acceptors (Lipinski definition) is 3. The highest BCUT2D eigenvalue weighted by Crippen LogP contribution is 2.18. The fourth-order valence-electron chi connectivity index (χ4n) is 1.42. The molecule has 0 saturated heterocycles. The molecule has 0 N–H and O–H groups in total. The summed E-state index contributed by atoms with van der Waals surface area (Å²) in [6.45, 7) is 5.70. The molecule has 1 aromatic rings. The van der Waals surface area contributed by atoms with Crippen molar-refractivity contribution >= 4 is 12.2 Å². The minimum Gasteiger partial charge on any atom is -0.483 e. The maximum Gasteiger partial charge on any atom is 0.260 e. The molecule has 1 aromatic carbocycles. The Bertz CT molecular complexity index is 441. The lowest BCUT2D eigenvalue weighted by Gasteiger charge is -2.21. The van der Waals surface area contributed by atoms with Crippen LogP contribution in [0.2, 0.25) is 0 Å². The number of hydrogen-bond donors (Lipinski definition) is 0. The molecule has 18 heavy (non-hydrogen) atoms. The molecule has 0 atom stereocenters. The Kier molecular flexibility index (Phi) is 4.89. The summed E-state index contributed by atoms with van der Waals surface area (Å²) in [7, 11) is 1.73. The van der Waals surface area contributed by atoms with Gasteiger partial charge in [0.25, 0.3) is 5.91 Å². The number of ether oxygens (including phenoxy) is 1. The lowest BCUT2D eigenvalue weighted by Crippen LogP contribution is -2.36. The fraction of sp³-hybridized carbons (Fsp3) is 0.429. The maximum atomic E-state index is 11.7. The van der Waals surface area contributed by atoms with E-state index in [0.717, 1.165) is 11.8 Å². The van der Waals surface area contributed by atoms with Crippen molar-refractivity contribution in [2.24, 2.45) is 0 Å². The third-order valence-corrected chi connectivity index (χ3v) is 2.81. The number of carbonyl (C=O) groups is 2. The van der Waals surface area contributed by atoms with Gasteiger partial charge in [-0.15, -0.1) is 0 Å². The lowest BCUT2D eigenvalue weighted by molar-refractivity contribution is -0.133. The molecule has 0 aliphatic rings. The number of carbonyl (C=O) groups excluding carboxylic acids is 2. The van der Waals surface area contributed by atoms with E-state index in [0.29, 0.717) is 11.3 Å². The molecule has 4 heteroatoms. The highest BCUT2D eigenvalue weighted by Gasteiger charge is 2.13. The third-order valence-electron chi connectivity index (χ3n) is 2.81. The van der Waals surface area contributed by atoms with Crippen molar-refractivity contribution in [1.29, 1.82) is 0 Å². The molecule has 4 nitrogen and oxygen atoms in total. The van der Waals surface area contributed by atoms with Gasteiger partial charge in [0.15, 0.2) is 12.9 Å². The SMILES string of the molecule is Cc1ccc(OCC(=O)N(C)C(C)C)c(C=O)c1. The van der Waals surface area contributed by atoms with Crippen LogP contribution >= 0.6 is 0 Å². The number of aldehydes is 1. The van der Waals surface area contributed by atoms with E-state index in [1.165, 1.54) is 0 Å². The van der Waals surface area contributed by atoms with Crippen LogP contribution in [0.1, 0.15) is 29.8 Å². The van der Waals surface area contributed by atoms with Gasteiger partial charge in [-0.05, 0) is 32.9 Å². The van der Waals surface area contributed by atoms with Crippen LogP contribution in [0.4, 0.5) is 0 Å². The minimum atomic E-state index is -0.109.